The Balaban J connectivity index is 1.31. The second-order valence-electron chi connectivity index (χ2n) is 14.4. The van der Waals surface area contributed by atoms with E-state index in [1.807, 2.05) is 0 Å². The van der Waals surface area contributed by atoms with Crippen LogP contribution in [0.2, 0.25) is 0 Å². The van der Waals surface area contributed by atoms with Crippen molar-refractivity contribution in [3.05, 3.63) is 208 Å². The number of allylic oxidation sites excluding steroid dienone is 1. The third kappa shape index (κ3) is 3.85. The van der Waals surface area contributed by atoms with Gasteiger partial charge < -0.3 is 0 Å². The number of thiophene rings is 1. The average Bonchev–Trinajstić information content (AvgIpc) is 3.95. The lowest BCUT2D eigenvalue weighted by Crippen LogP contribution is -2.27. The molecule has 1 aliphatic heterocycles. The summed E-state index contributed by atoms with van der Waals surface area (Å²) >= 11 is 1.79. The van der Waals surface area contributed by atoms with Gasteiger partial charge in [0.1, 0.15) is 0 Å². The third-order valence-corrected chi connectivity index (χ3v) is 12.6. The van der Waals surface area contributed by atoms with Gasteiger partial charge in [-0.05, 0) is 66.9 Å². The van der Waals surface area contributed by atoms with E-state index in [2.05, 4.69) is 179 Å². The van der Waals surface area contributed by atoms with Crippen molar-refractivity contribution < 1.29 is 0 Å². The Morgan fingerprint density at radius 3 is 1.81 bits per heavy atom. The van der Waals surface area contributed by atoms with Gasteiger partial charge in [0.25, 0.3) is 0 Å². The number of hydrogen-bond acceptors (Lipinski definition) is 3. The van der Waals surface area contributed by atoms with Crippen LogP contribution < -0.4 is 0 Å². The molecule has 54 heavy (non-hydrogen) atoms. The smallest absolute Gasteiger partial charge is 0.235 e. The molecule has 0 saturated heterocycles. The van der Waals surface area contributed by atoms with Crippen LogP contribution in [0.5, 0.6) is 0 Å². The zero-order valence-electron chi connectivity index (χ0n) is 29.2. The summed E-state index contributed by atoms with van der Waals surface area (Å²) < 4.78 is 2.41. The lowest BCUT2D eigenvalue weighted by atomic mass is 9.70. The van der Waals surface area contributed by atoms with E-state index in [1.54, 1.807) is 11.3 Å². The van der Waals surface area contributed by atoms with Gasteiger partial charge in [-0.3, -0.25) is 4.57 Å². The molecule has 252 valence electrons. The van der Waals surface area contributed by atoms with Gasteiger partial charge in [-0.1, -0.05) is 158 Å². The van der Waals surface area contributed by atoms with Gasteiger partial charge in [0.15, 0.2) is 0 Å². The molecule has 2 aromatic heterocycles. The molecule has 3 aliphatic rings. The molecule has 4 heteroatoms. The molecule has 12 rings (SSSR count). The molecule has 0 radical (unpaired) electrons. The molecule has 2 aliphatic carbocycles. The minimum Gasteiger partial charge on any atom is -0.278 e. The zero-order valence-corrected chi connectivity index (χ0v) is 30.0. The van der Waals surface area contributed by atoms with Gasteiger partial charge in [0.05, 0.1) is 27.9 Å². The van der Waals surface area contributed by atoms with Gasteiger partial charge in [-0.15, -0.1) is 0 Å². The van der Waals surface area contributed by atoms with Crippen molar-refractivity contribution in [1.82, 2.24) is 4.57 Å². The fourth-order valence-electron chi connectivity index (χ4n) is 9.74. The van der Waals surface area contributed by atoms with Crippen molar-refractivity contribution in [1.29, 1.82) is 0 Å². The van der Waals surface area contributed by atoms with Crippen LogP contribution in [0, 0.1) is 0 Å². The van der Waals surface area contributed by atoms with E-state index < -0.39 is 5.41 Å². The molecule has 9 aromatic rings. The summed E-state index contributed by atoms with van der Waals surface area (Å²) in [6, 6.07) is 57.3. The van der Waals surface area contributed by atoms with Gasteiger partial charge in [-0.25, -0.2) is 9.98 Å². The summed E-state index contributed by atoms with van der Waals surface area (Å²) in [6.45, 7) is 0. The van der Waals surface area contributed by atoms with Gasteiger partial charge >= 0.3 is 0 Å². The van der Waals surface area contributed by atoms with E-state index in [0.717, 1.165) is 28.1 Å². The molecular weight excluding hydrogens is 675 g/mol. The van der Waals surface area contributed by atoms with Crippen LogP contribution in [0.1, 0.15) is 39.8 Å². The maximum Gasteiger partial charge on any atom is 0.235 e. The lowest BCUT2D eigenvalue weighted by Gasteiger charge is -2.31. The Morgan fingerprint density at radius 2 is 1.09 bits per heavy atom. The molecule has 0 saturated carbocycles. The van der Waals surface area contributed by atoms with Crippen molar-refractivity contribution >= 4 is 61.3 Å². The monoisotopic (exact) mass is 705 g/mol. The van der Waals surface area contributed by atoms with E-state index in [-0.39, 0.29) is 0 Å². The van der Waals surface area contributed by atoms with Crippen LogP contribution in [0.3, 0.4) is 0 Å². The number of fused-ring (bicyclic) bond motifs is 17. The topological polar surface area (TPSA) is 29.6 Å². The number of nitrogens with zero attached hydrogens (tertiary/aromatic N) is 3. The van der Waals surface area contributed by atoms with E-state index >= 15 is 0 Å². The van der Waals surface area contributed by atoms with Crippen LogP contribution in [-0.4, -0.2) is 16.2 Å². The minimum absolute atomic E-state index is 0.547. The van der Waals surface area contributed by atoms with Crippen molar-refractivity contribution in [2.75, 3.05) is 0 Å². The van der Waals surface area contributed by atoms with Crippen molar-refractivity contribution in [2.24, 2.45) is 9.98 Å². The molecule has 0 atom stereocenters. The van der Waals surface area contributed by atoms with E-state index in [1.165, 1.54) is 71.6 Å². The highest BCUT2D eigenvalue weighted by molar-refractivity contribution is 7.09. The third-order valence-electron chi connectivity index (χ3n) is 11.8. The van der Waals surface area contributed by atoms with Crippen LogP contribution in [0.4, 0.5) is 0 Å². The highest BCUT2D eigenvalue weighted by atomic mass is 32.1. The highest BCUT2D eigenvalue weighted by Gasteiger charge is 2.53. The van der Waals surface area contributed by atoms with Gasteiger partial charge in [0.2, 0.25) is 5.96 Å². The Morgan fingerprint density at radius 1 is 0.519 bits per heavy atom. The molecule has 0 bridgehead atoms. The molecule has 0 fully saturated rings. The fourth-order valence-corrected chi connectivity index (χ4v) is 10.6. The van der Waals surface area contributed by atoms with Crippen LogP contribution in [0.15, 0.2) is 185 Å². The van der Waals surface area contributed by atoms with Crippen LogP contribution in [-0.2, 0) is 5.41 Å². The normalized spacial score (nSPS) is 15.1. The standard InChI is InChI=1S/C50H31N3S/c1-3-15-31(16-4-1)42-27-28-43(32-17-5-2-6-18-32)52-49(51-42)53-44-26-14-10-22-36(44)46-38-30-54-29-37(38)45-35-21-9-13-25-41(35)50(47(45)48(46)53)39-23-11-7-19-33(39)34-20-8-12-24-40(34)50/h1-27,29-30H,28H2. The summed E-state index contributed by atoms with van der Waals surface area (Å²) in [7, 11) is 0. The predicted molar refractivity (Wildman–Crippen MR) is 226 cm³/mol. The number of aliphatic imine (C=N–C) groups is 2. The van der Waals surface area contributed by atoms with Crippen LogP contribution in [0.25, 0.3) is 60.5 Å². The number of hydrogen-bond donors (Lipinski definition) is 0. The van der Waals surface area contributed by atoms with Crippen molar-refractivity contribution in [2.45, 2.75) is 11.8 Å². The maximum atomic E-state index is 5.59. The Bertz CT molecular complexity index is 3080. The fraction of sp³-hybridized carbons (Fsp3) is 0.0400. The number of aromatic nitrogens is 1. The van der Waals surface area contributed by atoms with Gasteiger partial charge in [0, 0.05) is 33.5 Å². The summed E-state index contributed by atoms with van der Waals surface area (Å²) in [5.41, 5.74) is 16.3. The number of para-hydroxylation sites is 1. The second-order valence-corrected chi connectivity index (χ2v) is 15.2. The SMILES string of the molecule is C1=C(c2ccccc2)N=C(n2c3ccccc3c3c4cscc4c4c(c32)C2(c3ccccc3-c3ccccc32)c2ccccc2-4)N=C(c2ccccc2)C1. The maximum absolute atomic E-state index is 5.59. The summed E-state index contributed by atoms with van der Waals surface area (Å²) in [5, 5.41) is 9.75. The zero-order chi connectivity index (χ0) is 35.4. The van der Waals surface area contributed by atoms with Crippen molar-refractivity contribution in [3.8, 4) is 22.3 Å². The van der Waals surface area contributed by atoms with E-state index in [0.29, 0.717) is 12.4 Å². The van der Waals surface area contributed by atoms with Gasteiger partial charge in [-0.2, -0.15) is 11.3 Å². The first-order valence-corrected chi connectivity index (χ1v) is 19.5. The summed E-state index contributed by atoms with van der Waals surface area (Å²) in [6.07, 6.45) is 2.91. The molecule has 1 spiro atoms. The largest absolute Gasteiger partial charge is 0.278 e. The van der Waals surface area contributed by atoms with E-state index in [4.69, 9.17) is 9.98 Å². The Labute approximate surface area is 316 Å². The molecule has 3 heterocycles. The highest BCUT2D eigenvalue weighted by Crippen LogP contribution is 2.66. The number of rotatable bonds is 2. The molecule has 0 unspecified atom stereocenters. The minimum atomic E-state index is -0.547. The first-order valence-electron chi connectivity index (χ1n) is 18.5. The second kappa shape index (κ2) is 11.2. The molecule has 0 N–H and O–H groups in total. The first kappa shape index (κ1) is 29.9. The quantitative estimate of drug-likeness (QED) is 0.171. The molecular formula is C50H31N3S. The predicted octanol–water partition coefficient (Wildman–Crippen LogP) is 12.5. The van der Waals surface area contributed by atoms with Crippen LogP contribution >= 0.6 is 11.3 Å². The Kier molecular flexibility index (Phi) is 6.20. The molecule has 7 aromatic carbocycles. The summed E-state index contributed by atoms with van der Waals surface area (Å²) in [4.78, 5) is 11.2. The average molecular weight is 706 g/mol. The lowest BCUT2D eigenvalue weighted by molar-refractivity contribution is 0.798. The Hall–Kier alpha value is -6.62. The van der Waals surface area contributed by atoms with E-state index in [9.17, 15) is 0 Å². The molecule has 0 amide bonds. The number of benzene rings is 7. The summed E-state index contributed by atoms with van der Waals surface area (Å²) in [5.74, 6) is 0.676. The first-order chi connectivity index (χ1) is 26.8. The molecule has 3 nitrogen and oxygen atoms in total. The van der Waals surface area contributed by atoms with Crippen molar-refractivity contribution in [3.63, 3.8) is 0 Å².